The molecule has 134 valence electrons. The fraction of sp³-hybridized carbons (Fsp3) is 0.550. The average molecular weight is 375 g/mol. The number of hydrogen-bond donors (Lipinski definition) is 1. The third-order valence-electron chi connectivity index (χ3n) is 5.68. The molecule has 2 aromatic rings. The Bertz CT molecular complexity index is 709. The highest BCUT2D eigenvalue weighted by molar-refractivity contribution is 7.10. The van der Waals surface area contributed by atoms with Crippen molar-refractivity contribution in [3.8, 4) is 0 Å². The Morgan fingerprint density at radius 1 is 1.24 bits per heavy atom. The predicted octanol–water partition coefficient (Wildman–Crippen LogP) is 4.45. The van der Waals surface area contributed by atoms with E-state index in [1.165, 1.54) is 34.6 Å². The molecule has 1 N–H and O–H groups in total. The lowest BCUT2D eigenvalue weighted by atomic mass is 9.86. The van der Waals surface area contributed by atoms with Crippen molar-refractivity contribution in [2.75, 3.05) is 13.1 Å². The highest BCUT2D eigenvalue weighted by Gasteiger charge is 2.32. The van der Waals surface area contributed by atoms with Crippen LogP contribution in [-0.2, 0) is 11.2 Å². The van der Waals surface area contributed by atoms with Gasteiger partial charge in [-0.25, -0.2) is 0 Å². The van der Waals surface area contributed by atoms with Crippen LogP contribution in [0.2, 0.25) is 0 Å². The Balaban J connectivity index is 1.48. The molecule has 1 saturated carbocycles. The molecule has 0 saturated heterocycles. The second-order valence-electron chi connectivity index (χ2n) is 7.37. The molecule has 2 aromatic heterocycles. The Morgan fingerprint density at radius 2 is 2.12 bits per heavy atom. The molecule has 1 amide bonds. The molecule has 0 spiro atoms. The summed E-state index contributed by atoms with van der Waals surface area (Å²) in [4.78, 5) is 17.9. The van der Waals surface area contributed by atoms with Crippen LogP contribution in [0.15, 0.2) is 29.0 Å². The van der Waals surface area contributed by atoms with E-state index in [4.69, 9.17) is 0 Å². The second-order valence-corrected chi connectivity index (χ2v) is 9.35. The monoisotopic (exact) mass is 374 g/mol. The maximum atomic E-state index is 12.7. The summed E-state index contributed by atoms with van der Waals surface area (Å²) in [6, 6.07) is 7.17. The van der Waals surface area contributed by atoms with Crippen LogP contribution < -0.4 is 5.32 Å². The van der Waals surface area contributed by atoms with Gasteiger partial charge in [-0.05, 0) is 53.6 Å². The SMILES string of the molecule is C[C@@H]1CCCC[C@@H]1NC(=O)CN1CCc2sccc2[C@@H]1c1cccs1. The molecular weight excluding hydrogens is 348 g/mol. The molecule has 0 bridgehead atoms. The quantitative estimate of drug-likeness (QED) is 0.857. The number of fused-ring (bicyclic) bond motifs is 1. The minimum absolute atomic E-state index is 0.194. The number of nitrogens with zero attached hydrogens (tertiary/aromatic N) is 1. The van der Waals surface area contributed by atoms with Gasteiger partial charge in [-0.3, -0.25) is 9.69 Å². The summed E-state index contributed by atoms with van der Waals surface area (Å²) in [6.45, 7) is 3.74. The lowest BCUT2D eigenvalue weighted by molar-refractivity contribution is -0.124. The lowest BCUT2D eigenvalue weighted by Crippen LogP contribution is -2.47. The number of amides is 1. The van der Waals surface area contributed by atoms with Gasteiger partial charge in [0.15, 0.2) is 0 Å². The summed E-state index contributed by atoms with van der Waals surface area (Å²) in [5.41, 5.74) is 1.40. The highest BCUT2D eigenvalue weighted by atomic mass is 32.1. The number of carbonyl (C=O) groups is 1. The zero-order valence-electron chi connectivity index (χ0n) is 14.7. The summed E-state index contributed by atoms with van der Waals surface area (Å²) in [5.74, 6) is 0.801. The van der Waals surface area contributed by atoms with Crippen molar-refractivity contribution in [2.24, 2.45) is 5.92 Å². The van der Waals surface area contributed by atoms with Crippen molar-refractivity contribution >= 4 is 28.6 Å². The summed E-state index contributed by atoms with van der Waals surface area (Å²) in [6.07, 6.45) is 5.98. The van der Waals surface area contributed by atoms with Gasteiger partial charge in [0.1, 0.15) is 0 Å². The van der Waals surface area contributed by atoms with Crippen LogP contribution in [0.4, 0.5) is 0 Å². The van der Waals surface area contributed by atoms with Crippen LogP contribution >= 0.6 is 22.7 Å². The van der Waals surface area contributed by atoms with E-state index in [1.54, 1.807) is 11.3 Å². The standard InChI is InChI=1S/C20H26N2OS2/c1-14-5-2-3-6-16(14)21-19(23)13-22-10-8-17-15(9-12-25-17)20(22)18-7-4-11-24-18/h4,7,9,11-12,14,16,20H,2-3,5-6,8,10,13H2,1H3,(H,21,23)/t14-,16+,20-/m1/s1. The molecule has 5 heteroatoms. The molecule has 1 fully saturated rings. The molecule has 3 heterocycles. The fourth-order valence-corrected chi connectivity index (χ4v) is 6.07. The number of rotatable bonds is 4. The molecular formula is C20H26N2OS2. The van der Waals surface area contributed by atoms with Gasteiger partial charge in [-0.2, -0.15) is 0 Å². The van der Waals surface area contributed by atoms with E-state index >= 15 is 0 Å². The second kappa shape index (κ2) is 7.60. The minimum atomic E-state index is 0.194. The molecule has 25 heavy (non-hydrogen) atoms. The first kappa shape index (κ1) is 17.3. The maximum Gasteiger partial charge on any atom is 0.234 e. The van der Waals surface area contributed by atoms with Gasteiger partial charge in [0, 0.05) is 22.3 Å². The van der Waals surface area contributed by atoms with E-state index in [0.29, 0.717) is 18.5 Å². The predicted molar refractivity (Wildman–Crippen MR) is 105 cm³/mol. The molecule has 1 aliphatic carbocycles. The highest BCUT2D eigenvalue weighted by Crippen LogP contribution is 2.39. The van der Waals surface area contributed by atoms with Gasteiger partial charge in [0.2, 0.25) is 5.91 Å². The van der Waals surface area contributed by atoms with Gasteiger partial charge in [0.05, 0.1) is 12.6 Å². The Morgan fingerprint density at radius 3 is 2.92 bits per heavy atom. The molecule has 0 aromatic carbocycles. The third-order valence-corrected chi connectivity index (χ3v) is 7.60. The molecule has 2 aliphatic rings. The normalized spacial score (nSPS) is 27.0. The summed E-state index contributed by atoms with van der Waals surface area (Å²) < 4.78 is 0. The summed E-state index contributed by atoms with van der Waals surface area (Å²) in [7, 11) is 0. The first-order valence-corrected chi connectivity index (χ1v) is 11.1. The number of hydrogen-bond acceptors (Lipinski definition) is 4. The van der Waals surface area contributed by atoms with Crippen LogP contribution in [0.1, 0.15) is 54.0 Å². The smallest absolute Gasteiger partial charge is 0.234 e. The lowest BCUT2D eigenvalue weighted by Gasteiger charge is -2.36. The molecule has 3 atom stereocenters. The van der Waals surface area contributed by atoms with Crippen LogP contribution in [0, 0.1) is 5.92 Å². The molecule has 1 aliphatic heterocycles. The minimum Gasteiger partial charge on any atom is -0.352 e. The third kappa shape index (κ3) is 3.69. The van der Waals surface area contributed by atoms with Gasteiger partial charge >= 0.3 is 0 Å². The van der Waals surface area contributed by atoms with Crippen molar-refractivity contribution in [3.63, 3.8) is 0 Å². The molecule has 0 unspecified atom stereocenters. The molecule has 4 rings (SSSR count). The Hall–Kier alpha value is -1.17. The van der Waals surface area contributed by atoms with Gasteiger partial charge in [0.25, 0.3) is 0 Å². The Labute approximate surface area is 158 Å². The fourth-order valence-electron chi connectivity index (χ4n) is 4.29. The summed E-state index contributed by atoms with van der Waals surface area (Å²) >= 11 is 3.65. The van der Waals surface area contributed by atoms with Gasteiger partial charge < -0.3 is 5.32 Å². The van der Waals surface area contributed by atoms with E-state index in [0.717, 1.165) is 19.4 Å². The van der Waals surface area contributed by atoms with E-state index in [1.807, 2.05) is 11.3 Å². The van der Waals surface area contributed by atoms with Gasteiger partial charge in [-0.15, -0.1) is 22.7 Å². The van der Waals surface area contributed by atoms with E-state index in [-0.39, 0.29) is 11.9 Å². The first-order valence-electron chi connectivity index (χ1n) is 9.35. The topological polar surface area (TPSA) is 32.3 Å². The van der Waals surface area contributed by atoms with Crippen LogP contribution in [0.3, 0.4) is 0 Å². The zero-order chi connectivity index (χ0) is 17.2. The van der Waals surface area contributed by atoms with Crippen molar-refractivity contribution in [1.82, 2.24) is 10.2 Å². The van der Waals surface area contributed by atoms with Crippen molar-refractivity contribution < 1.29 is 4.79 Å². The number of nitrogens with one attached hydrogen (secondary N) is 1. The molecule has 3 nitrogen and oxygen atoms in total. The summed E-state index contributed by atoms with van der Waals surface area (Å²) in [5, 5.41) is 7.65. The van der Waals surface area contributed by atoms with E-state index in [9.17, 15) is 4.79 Å². The van der Waals surface area contributed by atoms with Crippen molar-refractivity contribution in [1.29, 1.82) is 0 Å². The molecule has 0 radical (unpaired) electrons. The maximum absolute atomic E-state index is 12.7. The largest absolute Gasteiger partial charge is 0.352 e. The van der Waals surface area contributed by atoms with E-state index in [2.05, 4.69) is 46.1 Å². The Kier molecular flexibility index (Phi) is 5.25. The zero-order valence-corrected chi connectivity index (χ0v) is 16.4. The van der Waals surface area contributed by atoms with Gasteiger partial charge in [-0.1, -0.05) is 25.8 Å². The number of carbonyl (C=O) groups excluding carboxylic acids is 1. The van der Waals surface area contributed by atoms with Crippen molar-refractivity contribution in [3.05, 3.63) is 44.3 Å². The van der Waals surface area contributed by atoms with E-state index < -0.39 is 0 Å². The van der Waals surface area contributed by atoms with Crippen molar-refractivity contribution in [2.45, 2.75) is 51.1 Å². The van der Waals surface area contributed by atoms with Crippen LogP contribution in [0.5, 0.6) is 0 Å². The van der Waals surface area contributed by atoms with Crippen LogP contribution in [0.25, 0.3) is 0 Å². The number of thiophene rings is 2. The first-order chi connectivity index (χ1) is 12.2. The average Bonchev–Trinajstić information content (AvgIpc) is 3.28. The van der Waals surface area contributed by atoms with Crippen LogP contribution in [-0.4, -0.2) is 29.9 Å².